The zero-order valence-corrected chi connectivity index (χ0v) is 13.9. The van der Waals surface area contributed by atoms with E-state index >= 15 is 0 Å². The molecule has 1 atom stereocenters. The SMILES string of the molecule is CCC(=CCN1CCCC(C(C)(C)C)CC1)C(=O)OC. The van der Waals surface area contributed by atoms with Crippen LogP contribution in [0, 0.1) is 11.3 Å². The number of nitrogens with zero attached hydrogens (tertiary/aromatic N) is 1. The van der Waals surface area contributed by atoms with E-state index in [9.17, 15) is 4.79 Å². The zero-order chi connectivity index (χ0) is 15.2. The molecule has 1 heterocycles. The van der Waals surface area contributed by atoms with Crippen molar-refractivity contribution >= 4 is 5.97 Å². The molecular weight excluding hydrogens is 250 g/mol. The second-order valence-electron chi connectivity index (χ2n) is 6.87. The Bertz CT molecular complexity index is 341. The Kier molecular flexibility index (Phi) is 6.74. The monoisotopic (exact) mass is 281 g/mol. The first kappa shape index (κ1) is 17.2. The second kappa shape index (κ2) is 7.82. The van der Waals surface area contributed by atoms with Crippen LogP contribution in [0.1, 0.15) is 53.4 Å². The van der Waals surface area contributed by atoms with Crippen LogP contribution in [0.2, 0.25) is 0 Å². The van der Waals surface area contributed by atoms with Gasteiger partial charge in [-0.2, -0.15) is 0 Å². The molecule has 0 radical (unpaired) electrons. The summed E-state index contributed by atoms with van der Waals surface area (Å²) in [6.07, 6.45) is 6.63. The quantitative estimate of drug-likeness (QED) is 0.582. The summed E-state index contributed by atoms with van der Waals surface area (Å²) in [6, 6.07) is 0. The van der Waals surface area contributed by atoms with Crippen LogP contribution in [0.4, 0.5) is 0 Å². The Morgan fingerprint density at radius 2 is 2.00 bits per heavy atom. The van der Waals surface area contributed by atoms with Gasteiger partial charge in [-0.05, 0) is 50.1 Å². The summed E-state index contributed by atoms with van der Waals surface area (Å²) in [5.41, 5.74) is 1.20. The number of hydrogen-bond acceptors (Lipinski definition) is 3. The van der Waals surface area contributed by atoms with Gasteiger partial charge in [0.1, 0.15) is 0 Å². The van der Waals surface area contributed by atoms with E-state index in [1.807, 2.05) is 13.0 Å². The first-order chi connectivity index (χ1) is 9.38. The molecule has 20 heavy (non-hydrogen) atoms. The molecule has 1 rings (SSSR count). The lowest BCUT2D eigenvalue weighted by atomic mass is 9.77. The van der Waals surface area contributed by atoms with Gasteiger partial charge in [0.05, 0.1) is 7.11 Å². The summed E-state index contributed by atoms with van der Waals surface area (Å²) in [5.74, 6) is 0.623. The second-order valence-corrected chi connectivity index (χ2v) is 6.87. The minimum atomic E-state index is -0.185. The Hall–Kier alpha value is -0.830. The maximum Gasteiger partial charge on any atom is 0.333 e. The van der Waals surface area contributed by atoms with Gasteiger partial charge in [0, 0.05) is 12.1 Å². The number of esters is 1. The molecule has 0 N–H and O–H groups in total. The molecule has 0 aromatic rings. The van der Waals surface area contributed by atoms with Gasteiger partial charge >= 0.3 is 5.97 Å². The molecular formula is C17H31NO2. The van der Waals surface area contributed by atoms with Crippen LogP contribution in [0.15, 0.2) is 11.6 Å². The highest BCUT2D eigenvalue weighted by Gasteiger charge is 2.26. The molecule has 0 aromatic carbocycles. The summed E-state index contributed by atoms with van der Waals surface area (Å²) in [6.45, 7) is 12.2. The van der Waals surface area contributed by atoms with Gasteiger partial charge in [0.25, 0.3) is 0 Å². The maximum absolute atomic E-state index is 11.6. The topological polar surface area (TPSA) is 29.5 Å². The minimum absolute atomic E-state index is 0.185. The molecule has 0 saturated carbocycles. The van der Waals surface area contributed by atoms with Crippen LogP contribution in [0.25, 0.3) is 0 Å². The van der Waals surface area contributed by atoms with Gasteiger partial charge in [-0.25, -0.2) is 4.79 Å². The lowest BCUT2D eigenvalue weighted by molar-refractivity contribution is -0.136. The largest absolute Gasteiger partial charge is 0.466 e. The van der Waals surface area contributed by atoms with E-state index in [1.54, 1.807) is 0 Å². The number of likely N-dealkylation sites (tertiary alicyclic amines) is 1. The normalized spacial score (nSPS) is 22.4. The Morgan fingerprint density at radius 3 is 2.55 bits per heavy atom. The lowest BCUT2D eigenvalue weighted by Crippen LogP contribution is -2.27. The number of carbonyl (C=O) groups excluding carboxylic acids is 1. The van der Waals surface area contributed by atoms with Crippen LogP contribution in [-0.4, -0.2) is 37.6 Å². The average Bonchev–Trinajstić information content (AvgIpc) is 2.64. The summed E-state index contributed by atoms with van der Waals surface area (Å²) < 4.78 is 4.80. The van der Waals surface area contributed by atoms with E-state index in [0.717, 1.165) is 37.5 Å². The predicted molar refractivity (Wildman–Crippen MR) is 83.6 cm³/mol. The van der Waals surface area contributed by atoms with Crippen LogP contribution in [0.5, 0.6) is 0 Å². The molecule has 1 saturated heterocycles. The number of carbonyl (C=O) groups is 1. The molecule has 1 fully saturated rings. The minimum Gasteiger partial charge on any atom is -0.466 e. The summed E-state index contributed by atoms with van der Waals surface area (Å²) in [7, 11) is 1.45. The molecule has 0 bridgehead atoms. The standard InChI is InChI=1S/C17H31NO2/c1-6-14(16(19)20-5)9-12-18-11-7-8-15(10-13-18)17(2,3)4/h9,15H,6-8,10-13H2,1-5H3. The third-order valence-corrected chi connectivity index (χ3v) is 4.47. The molecule has 116 valence electrons. The molecule has 1 unspecified atom stereocenters. The highest BCUT2D eigenvalue weighted by atomic mass is 16.5. The van der Waals surface area contributed by atoms with E-state index in [-0.39, 0.29) is 5.97 Å². The summed E-state index contributed by atoms with van der Waals surface area (Å²) in [5, 5.41) is 0. The maximum atomic E-state index is 11.6. The number of rotatable bonds is 4. The number of methoxy groups -OCH3 is 1. The smallest absolute Gasteiger partial charge is 0.333 e. The predicted octanol–water partition coefficient (Wildman–Crippen LogP) is 3.64. The number of ether oxygens (including phenoxy) is 1. The Labute approximate surface area is 124 Å². The van der Waals surface area contributed by atoms with Gasteiger partial charge in [0.2, 0.25) is 0 Å². The van der Waals surface area contributed by atoms with Crippen molar-refractivity contribution in [2.75, 3.05) is 26.7 Å². The van der Waals surface area contributed by atoms with Gasteiger partial charge in [-0.3, -0.25) is 4.90 Å². The molecule has 3 heteroatoms. The van der Waals surface area contributed by atoms with Crippen molar-refractivity contribution < 1.29 is 9.53 Å². The molecule has 0 aromatic heterocycles. The van der Waals surface area contributed by atoms with Crippen LogP contribution >= 0.6 is 0 Å². The van der Waals surface area contributed by atoms with Crippen LogP contribution in [-0.2, 0) is 9.53 Å². The fourth-order valence-electron chi connectivity index (χ4n) is 2.95. The van der Waals surface area contributed by atoms with Crippen LogP contribution in [0.3, 0.4) is 0 Å². The van der Waals surface area contributed by atoms with Crippen molar-refractivity contribution in [3.8, 4) is 0 Å². The molecule has 1 aliphatic heterocycles. The molecule has 1 aliphatic rings. The van der Waals surface area contributed by atoms with Gasteiger partial charge < -0.3 is 4.74 Å². The Morgan fingerprint density at radius 1 is 1.30 bits per heavy atom. The van der Waals surface area contributed by atoms with Gasteiger partial charge in [0.15, 0.2) is 0 Å². The summed E-state index contributed by atoms with van der Waals surface area (Å²) in [4.78, 5) is 14.0. The van der Waals surface area contributed by atoms with Crippen molar-refractivity contribution in [3.63, 3.8) is 0 Å². The Balaban J connectivity index is 2.54. The number of hydrogen-bond donors (Lipinski definition) is 0. The third kappa shape index (κ3) is 5.28. The zero-order valence-electron chi connectivity index (χ0n) is 13.9. The molecule has 0 aliphatic carbocycles. The fourth-order valence-corrected chi connectivity index (χ4v) is 2.95. The van der Waals surface area contributed by atoms with Crippen molar-refractivity contribution in [1.82, 2.24) is 4.90 Å². The fraction of sp³-hybridized carbons (Fsp3) is 0.824. The van der Waals surface area contributed by atoms with E-state index in [4.69, 9.17) is 4.74 Å². The van der Waals surface area contributed by atoms with Crippen LogP contribution < -0.4 is 0 Å². The van der Waals surface area contributed by atoms with Crippen molar-refractivity contribution in [2.45, 2.75) is 53.4 Å². The van der Waals surface area contributed by atoms with E-state index in [1.165, 1.54) is 26.4 Å². The van der Waals surface area contributed by atoms with Crippen molar-refractivity contribution in [3.05, 3.63) is 11.6 Å². The first-order valence-corrected chi connectivity index (χ1v) is 7.88. The molecule has 3 nitrogen and oxygen atoms in total. The first-order valence-electron chi connectivity index (χ1n) is 7.88. The lowest BCUT2D eigenvalue weighted by Gasteiger charge is -2.29. The molecule has 0 amide bonds. The third-order valence-electron chi connectivity index (χ3n) is 4.47. The highest BCUT2D eigenvalue weighted by molar-refractivity contribution is 5.88. The van der Waals surface area contributed by atoms with E-state index in [2.05, 4.69) is 25.7 Å². The van der Waals surface area contributed by atoms with Gasteiger partial charge in [-0.15, -0.1) is 0 Å². The van der Waals surface area contributed by atoms with Gasteiger partial charge in [-0.1, -0.05) is 33.8 Å². The summed E-state index contributed by atoms with van der Waals surface area (Å²) >= 11 is 0. The average molecular weight is 281 g/mol. The van der Waals surface area contributed by atoms with E-state index in [0.29, 0.717) is 5.41 Å². The van der Waals surface area contributed by atoms with Crippen molar-refractivity contribution in [2.24, 2.45) is 11.3 Å². The highest BCUT2D eigenvalue weighted by Crippen LogP contribution is 2.34. The van der Waals surface area contributed by atoms with Crippen molar-refractivity contribution in [1.29, 1.82) is 0 Å². The van der Waals surface area contributed by atoms with E-state index < -0.39 is 0 Å². The molecule has 0 spiro atoms.